The Hall–Kier alpha value is -3.46. The van der Waals surface area contributed by atoms with Crippen molar-refractivity contribution in [3.63, 3.8) is 0 Å². The van der Waals surface area contributed by atoms with Crippen LogP contribution in [-0.4, -0.2) is 28.9 Å². The van der Waals surface area contributed by atoms with E-state index in [-0.39, 0.29) is 17.7 Å². The van der Waals surface area contributed by atoms with Gasteiger partial charge in [-0.3, -0.25) is 10.7 Å². The zero-order valence-corrected chi connectivity index (χ0v) is 17.6. The van der Waals surface area contributed by atoms with E-state index in [2.05, 4.69) is 10.5 Å². The first-order valence-corrected chi connectivity index (χ1v) is 10.6. The first-order valence-electron chi connectivity index (χ1n) is 9.70. The number of anilines is 1. The molecule has 0 saturated carbocycles. The first-order chi connectivity index (χ1) is 15.0. The fourth-order valence-corrected chi connectivity index (χ4v) is 4.42. The lowest BCUT2D eigenvalue weighted by Gasteiger charge is -2.21. The predicted molar refractivity (Wildman–Crippen MR) is 118 cm³/mol. The minimum atomic E-state index is -0.624. The molecule has 0 spiro atoms. The molecule has 8 nitrogen and oxygen atoms in total. The number of nitrogens with zero attached hydrogens (tertiary/aromatic N) is 1. The van der Waals surface area contributed by atoms with Crippen LogP contribution in [0.4, 0.5) is 10.5 Å². The highest BCUT2D eigenvalue weighted by molar-refractivity contribution is 8.01. The van der Waals surface area contributed by atoms with Crippen molar-refractivity contribution in [1.29, 1.82) is 5.41 Å². The second-order valence-electron chi connectivity index (χ2n) is 7.04. The first kappa shape index (κ1) is 20.8. The Morgan fingerprint density at radius 1 is 1.32 bits per heavy atom. The average Bonchev–Trinajstić information content (AvgIpc) is 3.38. The van der Waals surface area contributed by atoms with Crippen molar-refractivity contribution in [3.05, 3.63) is 71.6 Å². The molecule has 0 bridgehead atoms. The van der Waals surface area contributed by atoms with Crippen LogP contribution in [0.5, 0.6) is 5.75 Å². The predicted octanol–water partition coefficient (Wildman–Crippen LogP) is 4.30. The van der Waals surface area contributed by atoms with Gasteiger partial charge in [-0.05, 0) is 31.0 Å². The molecule has 0 radical (unpaired) electrons. The van der Waals surface area contributed by atoms with Gasteiger partial charge >= 0.3 is 6.09 Å². The molecule has 0 saturated heterocycles. The molecule has 31 heavy (non-hydrogen) atoms. The molecule has 2 unspecified atom stereocenters. The summed E-state index contributed by atoms with van der Waals surface area (Å²) in [6, 6.07) is 15.4. The zero-order valence-electron chi connectivity index (χ0n) is 16.8. The zero-order chi connectivity index (χ0) is 21.8. The van der Waals surface area contributed by atoms with Crippen LogP contribution in [0.25, 0.3) is 0 Å². The van der Waals surface area contributed by atoms with Gasteiger partial charge in [0, 0.05) is 10.5 Å². The van der Waals surface area contributed by atoms with Gasteiger partial charge in [0.05, 0.1) is 11.4 Å². The van der Waals surface area contributed by atoms with E-state index in [0.717, 1.165) is 16.0 Å². The molecule has 2 aromatic carbocycles. The number of thioether (sulfide) groups is 1. The van der Waals surface area contributed by atoms with E-state index < -0.39 is 12.2 Å². The number of carbonyl (C=O) groups is 1. The summed E-state index contributed by atoms with van der Waals surface area (Å²) in [6.07, 6.45) is 0.906. The Labute approximate surface area is 183 Å². The number of hydrogen-bond donors (Lipinski definition) is 3. The number of aromatic nitrogens is 1. The molecule has 4 N–H and O–H groups in total. The SMILES string of the molecule is Cc1oncc1NC(=O)OCC(Oc1cccc2c1CC(C(=N)N)S2)c1ccccc1. The molecule has 3 aromatic rings. The van der Waals surface area contributed by atoms with Crippen LogP contribution in [-0.2, 0) is 11.2 Å². The molecule has 1 aromatic heterocycles. The van der Waals surface area contributed by atoms with Gasteiger partial charge < -0.3 is 19.7 Å². The maximum absolute atomic E-state index is 12.3. The van der Waals surface area contributed by atoms with Crippen molar-refractivity contribution >= 4 is 29.4 Å². The summed E-state index contributed by atoms with van der Waals surface area (Å²) in [5.74, 6) is 1.34. The van der Waals surface area contributed by atoms with E-state index in [1.54, 1.807) is 18.7 Å². The van der Waals surface area contributed by atoms with Crippen LogP contribution < -0.4 is 15.8 Å². The third kappa shape index (κ3) is 4.83. The quantitative estimate of drug-likeness (QED) is 0.371. The number of benzene rings is 2. The summed E-state index contributed by atoms with van der Waals surface area (Å²) in [5.41, 5.74) is 8.06. The number of carbonyl (C=O) groups excluding carboxylic acids is 1. The van der Waals surface area contributed by atoms with Crippen molar-refractivity contribution in [3.8, 4) is 5.75 Å². The summed E-state index contributed by atoms with van der Waals surface area (Å²) in [6.45, 7) is 1.70. The highest BCUT2D eigenvalue weighted by atomic mass is 32.2. The molecular formula is C22H22N4O4S. The fraction of sp³-hybridized carbons (Fsp3) is 0.227. The molecule has 1 aliphatic heterocycles. The number of nitrogens with two attached hydrogens (primary N) is 1. The second-order valence-corrected chi connectivity index (χ2v) is 8.28. The van der Waals surface area contributed by atoms with Crippen molar-refractivity contribution in [2.24, 2.45) is 5.73 Å². The minimum Gasteiger partial charge on any atom is -0.482 e. The highest BCUT2D eigenvalue weighted by Crippen LogP contribution is 2.42. The molecule has 4 rings (SSSR count). The number of nitrogens with one attached hydrogen (secondary N) is 2. The molecule has 2 heterocycles. The topological polar surface area (TPSA) is 123 Å². The summed E-state index contributed by atoms with van der Waals surface area (Å²) < 4.78 is 16.7. The van der Waals surface area contributed by atoms with E-state index in [4.69, 9.17) is 25.1 Å². The molecule has 0 aliphatic carbocycles. The molecule has 9 heteroatoms. The van der Waals surface area contributed by atoms with Crippen molar-refractivity contribution < 1.29 is 18.8 Å². The van der Waals surface area contributed by atoms with Crippen molar-refractivity contribution in [2.75, 3.05) is 11.9 Å². The van der Waals surface area contributed by atoms with Gasteiger partial charge in [0.15, 0.2) is 11.9 Å². The van der Waals surface area contributed by atoms with Crippen LogP contribution in [0.15, 0.2) is 64.1 Å². The second kappa shape index (κ2) is 9.13. The molecular weight excluding hydrogens is 416 g/mol. The number of hydrogen-bond acceptors (Lipinski definition) is 7. The van der Waals surface area contributed by atoms with Gasteiger partial charge in [-0.1, -0.05) is 41.6 Å². The lowest BCUT2D eigenvalue weighted by molar-refractivity contribution is 0.0893. The van der Waals surface area contributed by atoms with Gasteiger partial charge in [-0.25, -0.2) is 4.79 Å². The minimum absolute atomic E-state index is 0.00707. The van der Waals surface area contributed by atoms with E-state index in [9.17, 15) is 4.79 Å². The van der Waals surface area contributed by atoms with E-state index in [1.165, 1.54) is 6.20 Å². The summed E-state index contributed by atoms with van der Waals surface area (Å²) >= 11 is 1.56. The van der Waals surface area contributed by atoms with Crippen LogP contribution in [0, 0.1) is 12.3 Å². The largest absolute Gasteiger partial charge is 0.482 e. The number of amides is 1. The maximum Gasteiger partial charge on any atom is 0.411 e. The van der Waals surface area contributed by atoms with Gasteiger partial charge in [0.2, 0.25) is 0 Å². The molecule has 1 amide bonds. The fourth-order valence-electron chi connectivity index (χ4n) is 3.26. The summed E-state index contributed by atoms with van der Waals surface area (Å²) in [5, 5.41) is 13.9. The molecule has 0 fully saturated rings. The van der Waals surface area contributed by atoms with Crippen LogP contribution in [0.1, 0.15) is 23.0 Å². The van der Waals surface area contributed by atoms with Crippen LogP contribution in [0.3, 0.4) is 0 Å². The summed E-state index contributed by atoms with van der Waals surface area (Å²) in [7, 11) is 0. The Kier molecular flexibility index (Phi) is 6.13. The molecule has 1 aliphatic rings. The number of amidine groups is 1. The van der Waals surface area contributed by atoms with E-state index in [1.807, 2.05) is 48.5 Å². The lowest BCUT2D eigenvalue weighted by Crippen LogP contribution is -2.24. The molecule has 160 valence electrons. The van der Waals surface area contributed by atoms with Gasteiger partial charge in [0.1, 0.15) is 23.9 Å². The summed E-state index contributed by atoms with van der Waals surface area (Å²) in [4.78, 5) is 13.3. The van der Waals surface area contributed by atoms with Gasteiger partial charge in [0.25, 0.3) is 0 Å². The van der Waals surface area contributed by atoms with Gasteiger partial charge in [-0.15, -0.1) is 11.8 Å². The Bertz CT molecular complexity index is 1090. The van der Waals surface area contributed by atoms with Crippen LogP contribution in [0.2, 0.25) is 0 Å². The highest BCUT2D eigenvalue weighted by Gasteiger charge is 2.28. The van der Waals surface area contributed by atoms with Crippen molar-refractivity contribution in [1.82, 2.24) is 5.16 Å². The number of aryl methyl sites for hydroxylation is 1. The number of ether oxygens (including phenoxy) is 2. The normalized spacial score (nSPS) is 15.7. The van der Waals surface area contributed by atoms with Gasteiger partial charge in [-0.2, -0.15) is 0 Å². The average molecular weight is 439 g/mol. The van der Waals surface area contributed by atoms with Crippen LogP contribution >= 0.6 is 11.8 Å². The monoisotopic (exact) mass is 438 g/mol. The Morgan fingerprint density at radius 2 is 2.13 bits per heavy atom. The lowest BCUT2D eigenvalue weighted by atomic mass is 10.1. The van der Waals surface area contributed by atoms with Crippen molar-refractivity contribution in [2.45, 2.75) is 29.6 Å². The standard InChI is InChI=1S/C22H22N4O4S/c1-13-16(11-25-30-13)26-22(27)28-12-18(14-6-3-2-4-7-14)29-17-8-5-9-19-15(17)10-20(31-19)21(23)24/h2-9,11,18,20H,10,12H2,1H3,(H3,23,24)(H,26,27). The number of fused-ring (bicyclic) bond motifs is 1. The Morgan fingerprint density at radius 3 is 2.84 bits per heavy atom. The Balaban J connectivity index is 1.50. The van der Waals surface area contributed by atoms with E-state index in [0.29, 0.717) is 23.6 Å². The number of rotatable bonds is 7. The van der Waals surface area contributed by atoms with E-state index >= 15 is 0 Å². The molecule has 2 atom stereocenters. The smallest absolute Gasteiger partial charge is 0.411 e. The third-order valence-corrected chi connectivity index (χ3v) is 6.23. The third-order valence-electron chi connectivity index (χ3n) is 4.89. The maximum atomic E-state index is 12.3.